The van der Waals surface area contributed by atoms with Gasteiger partial charge in [-0.3, -0.25) is 4.79 Å². The van der Waals surface area contributed by atoms with Crippen molar-refractivity contribution in [3.63, 3.8) is 0 Å². The summed E-state index contributed by atoms with van der Waals surface area (Å²) in [7, 11) is 0. The lowest BCUT2D eigenvalue weighted by atomic mass is 9.94. The van der Waals surface area contributed by atoms with E-state index >= 15 is 0 Å². The quantitative estimate of drug-likeness (QED) is 0.304. The van der Waals surface area contributed by atoms with E-state index in [-0.39, 0.29) is 5.91 Å². The molecule has 0 fully saturated rings. The molecule has 0 aliphatic heterocycles. The number of aromatic nitrogens is 1. The normalized spacial score (nSPS) is 11.1. The number of amides is 1. The maximum Gasteiger partial charge on any atom is 0.256 e. The second kappa shape index (κ2) is 8.68. The Balaban J connectivity index is 1.94. The number of nitrogens with one attached hydrogen (secondary N) is 1. The molecule has 0 atom stereocenters. The van der Waals surface area contributed by atoms with Crippen molar-refractivity contribution in [2.24, 2.45) is 0 Å². The smallest absolute Gasteiger partial charge is 0.256 e. The summed E-state index contributed by atoms with van der Waals surface area (Å²) in [5.41, 5.74) is 9.08. The van der Waals surface area contributed by atoms with Crippen LogP contribution in [0.1, 0.15) is 38.2 Å². The molecule has 3 aromatic carbocycles. The summed E-state index contributed by atoms with van der Waals surface area (Å²) < 4.78 is 0.799. The number of hydrogen-bond acceptors (Lipinski definition) is 2. The first-order chi connectivity index (χ1) is 15.2. The van der Waals surface area contributed by atoms with Gasteiger partial charge >= 0.3 is 0 Å². The topological polar surface area (TPSA) is 42.0 Å². The van der Waals surface area contributed by atoms with Crippen LogP contribution in [0.5, 0.6) is 0 Å². The van der Waals surface area contributed by atoms with Gasteiger partial charge < -0.3 is 5.32 Å². The highest BCUT2D eigenvalue weighted by atomic mass is 79.9. The zero-order chi connectivity index (χ0) is 23.2. The van der Waals surface area contributed by atoms with Crippen molar-refractivity contribution >= 4 is 50.0 Å². The van der Waals surface area contributed by atoms with Crippen molar-refractivity contribution in [1.29, 1.82) is 0 Å². The van der Waals surface area contributed by atoms with Crippen molar-refractivity contribution in [3.05, 3.63) is 91.4 Å². The van der Waals surface area contributed by atoms with Crippen molar-refractivity contribution in [2.45, 2.75) is 34.6 Å². The van der Waals surface area contributed by atoms with Gasteiger partial charge in [-0.05, 0) is 85.4 Å². The number of carbonyl (C=O) groups excluding carboxylic acids is 1. The van der Waals surface area contributed by atoms with E-state index in [0.29, 0.717) is 16.3 Å². The van der Waals surface area contributed by atoms with E-state index in [9.17, 15) is 4.79 Å². The van der Waals surface area contributed by atoms with Crippen molar-refractivity contribution in [1.82, 2.24) is 4.98 Å². The Morgan fingerprint density at radius 1 is 0.906 bits per heavy atom. The summed E-state index contributed by atoms with van der Waals surface area (Å²) in [5.74, 6) is -0.172. The number of halogens is 2. The number of pyridine rings is 1. The number of fused-ring (bicyclic) bond motifs is 1. The van der Waals surface area contributed by atoms with Crippen molar-refractivity contribution in [3.8, 4) is 11.3 Å². The van der Waals surface area contributed by atoms with E-state index in [1.54, 1.807) is 6.07 Å². The Morgan fingerprint density at radius 2 is 1.59 bits per heavy atom. The number of anilines is 1. The van der Waals surface area contributed by atoms with Crippen LogP contribution in [0.25, 0.3) is 22.2 Å². The molecule has 32 heavy (non-hydrogen) atoms. The number of benzene rings is 3. The predicted octanol–water partition coefficient (Wildman–Crippen LogP) is 8.11. The molecule has 1 amide bonds. The van der Waals surface area contributed by atoms with Crippen LogP contribution in [0.4, 0.5) is 5.69 Å². The fourth-order valence-corrected chi connectivity index (χ4v) is 4.69. The standard InChI is InChI=1S/C27H24BrClN2O/c1-14-6-8-19(9-7-14)26-18(5)24(20-11-15(2)10-17(4)25(20)31-26)27(32)30-23-13-22(29)21(28)12-16(23)3/h6-13H,1-5H3,(H,30,32). The van der Waals surface area contributed by atoms with Gasteiger partial charge in [-0.2, -0.15) is 0 Å². The van der Waals surface area contributed by atoms with Crippen LogP contribution in [-0.2, 0) is 0 Å². The maximum atomic E-state index is 13.7. The van der Waals surface area contributed by atoms with Gasteiger partial charge in [-0.25, -0.2) is 4.98 Å². The molecule has 0 radical (unpaired) electrons. The van der Waals surface area contributed by atoms with Crippen LogP contribution in [0.15, 0.2) is 53.0 Å². The molecule has 1 aromatic heterocycles. The molecular formula is C27H24BrClN2O. The molecule has 0 unspecified atom stereocenters. The summed E-state index contributed by atoms with van der Waals surface area (Å²) >= 11 is 9.73. The zero-order valence-corrected chi connectivity index (χ0v) is 21.1. The van der Waals surface area contributed by atoms with Crippen LogP contribution < -0.4 is 5.32 Å². The molecule has 162 valence electrons. The van der Waals surface area contributed by atoms with Gasteiger partial charge in [-0.15, -0.1) is 0 Å². The predicted molar refractivity (Wildman–Crippen MR) is 138 cm³/mol. The first kappa shape index (κ1) is 22.5. The number of nitrogens with zero attached hydrogens (tertiary/aromatic N) is 1. The number of hydrogen-bond donors (Lipinski definition) is 1. The third kappa shape index (κ3) is 4.17. The highest BCUT2D eigenvalue weighted by molar-refractivity contribution is 9.10. The van der Waals surface area contributed by atoms with Gasteiger partial charge in [0, 0.05) is 21.1 Å². The molecule has 1 N–H and O–H groups in total. The summed E-state index contributed by atoms with van der Waals surface area (Å²) in [5, 5.41) is 4.49. The molecule has 1 heterocycles. The maximum absolute atomic E-state index is 13.7. The van der Waals surface area contributed by atoms with Gasteiger partial charge in [0.1, 0.15) is 0 Å². The van der Waals surface area contributed by atoms with E-state index in [4.69, 9.17) is 16.6 Å². The Morgan fingerprint density at radius 3 is 2.28 bits per heavy atom. The molecule has 4 rings (SSSR count). The molecule has 0 spiro atoms. The molecule has 0 saturated carbocycles. The Labute approximate surface area is 202 Å². The third-order valence-electron chi connectivity index (χ3n) is 5.74. The van der Waals surface area contributed by atoms with Crippen LogP contribution in [0.2, 0.25) is 5.02 Å². The molecule has 0 aliphatic carbocycles. The van der Waals surface area contributed by atoms with E-state index in [0.717, 1.165) is 48.9 Å². The monoisotopic (exact) mass is 506 g/mol. The largest absolute Gasteiger partial charge is 0.322 e. The lowest BCUT2D eigenvalue weighted by Gasteiger charge is -2.17. The second-order valence-electron chi connectivity index (χ2n) is 8.34. The summed E-state index contributed by atoms with van der Waals surface area (Å²) in [4.78, 5) is 18.7. The van der Waals surface area contributed by atoms with Crippen LogP contribution >= 0.6 is 27.5 Å². The average molecular weight is 508 g/mol. The molecule has 0 aliphatic rings. The molecule has 4 aromatic rings. The SMILES string of the molecule is Cc1ccc(-c2nc3c(C)cc(C)cc3c(C(=O)Nc3cc(Cl)c(Br)cc3C)c2C)cc1. The van der Waals surface area contributed by atoms with Gasteiger partial charge in [0.25, 0.3) is 5.91 Å². The van der Waals surface area contributed by atoms with Crippen molar-refractivity contribution in [2.75, 3.05) is 5.32 Å². The van der Waals surface area contributed by atoms with Gasteiger partial charge in [-0.1, -0.05) is 53.1 Å². The minimum absolute atomic E-state index is 0.172. The van der Waals surface area contributed by atoms with Gasteiger partial charge in [0.2, 0.25) is 0 Å². The van der Waals surface area contributed by atoms with E-state index in [2.05, 4.69) is 58.5 Å². The molecule has 0 saturated heterocycles. The minimum atomic E-state index is -0.172. The lowest BCUT2D eigenvalue weighted by molar-refractivity contribution is 0.102. The lowest BCUT2D eigenvalue weighted by Crippen LogP contribution is -2.16. The summed E-state index contributed by atoms with van der Waals surface area (Å²) in [6.45, 7) is 10.0. The zero-order valence-electron chi connectivity index (χ0n) is 18.7. The molecule has 0 bridgehead atoms. The van der Waals surface area contributed by atoms with Gasteiger partial charge in [0.15, 0.2) is 0 Å². The minimum Gasteiger partial charge on any atom is -0.322 e. The van der Waals surface area contributed by atoms with E-state index in [1.165, 1.54) is 5.56 Å². The molecular weight excluding hydrogens is 484 g/mol. The summed E-state index contributed by atoms with van der Waals surface area (Å²) in [6.07, 6.45) is 0. The summed E-state index contributed by atoms with van der Waals surface area (Å²) in [6, 6.07) is 16.1. The first-order valence-corrected chi connectivity index (χ1v) is 11.6. The molecule has 3 nitrogen and oxygen atoms in total. The second-order valence-corrected chi connectivity index (χ2v) is 9.60. The fraction of sp³-hybridized carbons (Fsp3) is 0.185. The number of rotatable bonds is 3. The van der Waals surface area contributed by atoms with Crippen LogP contribution in [-0.4, -0.2) is 10.9 Å². The van der Waals surface area contributed by atoms with E-state index < -0.39 is 0 Å². The Hall–Kier alpha value is -2.69. The average Bonchev–Trinajstić information content (AvgIpc) is 2.72. The van der Waals surface area contributed by atoms with E-state index in [1.807, 2.05) is 39.8 Å². The fourth-order valence-electron chi connectivity index (χ4n) is 4.07. The van der Waals surface area contributed by atoms with Crippen LogP contribution in [0, 0.1) is 34.6 Å². The highest BCUT2D eigenvalue weighted by Crippen LogP contribution is 2.34. The van der Waals surface area contributed by atoms with Crippen LogP contribution in [0.3, 0.4) is 0 Å². The Bertz CT molecular complexity index is 1380. The Kier molecular flexibility index (Phi) is 6.11. The number of carbonyl (C=O) groups is 1. The van der Waals surface area contributed by atoms with Gasteiger partial charge in [0.05, 0.1) is 21.8 Å². The first-order valence-electron chi connectivity index (χ1n) is 10.4. The van der Waals surface area contributed by atoms with Crippen molar-refractivity contribution < 1.29 is 4.79 Å². The highest BCUT2D eigenvalue weighted by Gasteiger charge is 2.21. The third-order valence-corrected chi connectivity index (χ3v) is 6.93. The molecule has 5 heteroatoms. The number of aryl methyl sites for hydroxylation is 4.